The van der Waals surface area contributed by atoms with Crippen LogP contribution in [0.3, 0.4) is 0 Å². The van der Waals surface area contributed by atoms with Gasteiger partial charge in [0.05, 0.1) is 6.54 Å². The van der Waals surface area contributed by atoms with Crippen molar-refractivity contribution in [1.82, 2.24) is 0 Å². The van der Waals surface area contributed by atoms with Gasteiger partial charge in [-0.3, -0.25) is 9.59 Å². The van der Waals surface area contributed by atoms with Crippen molar-refractivity contribution >= 4 is 50.5 Å². The number of hydrogen-bond donors (Lipinski definition) is 0. The number of rotatable bonds is 4. The molecule has 6 heteroatoms. The number of carbonyl (C=O) groups excluding carboxylic acids is 2. The first kappa shape index (κ1) is 20.0. The zero-order valence-electron chi connectivity index (χ0n) is 15.9. The summed E-state index contributed by atoms with van der Waals surface area (Å²) in [7, 11) is 0. The maximum Gasteiger partial charge on any atom is 0.177 e. The third-order valence-electron chi connectivity index (χ3n) is 5.49. The van der Waals surface area contributed by atoms with E-state index in [-0.39, 0.29) is 11.6 Å². The molecule has 4 nitrogen and oxygen atoms in total. The average molecular weight is 472 g/mol. The van der Waals surface area contributed by atoms with Crippen molar-refractivity contribution in [2.24, 2.45) is 16.8 Å². The Hall–Kier alpha value is -2.24. The molecular weight excluding hydrogens is 452 g/mol. The molecule has 29 heavy (non-hydrogen) atoms. The predicted octanol–water partition coefficient (Wildman–Crippen LogP) is 5.56. The Morgan fingerprint density at radius 3 is 2.69 bits per heavy atom. The third kappa shape index (κ3) is 4.07. The van der Waals surface area contributed by atoms with Gasteiger partial charge in [-0.15, -0.1) is 0 Å². The van der Waals surface area contributed by atoms with Crippen molar-refractivity contribution in [2.75, 3.05) is 18.0 Å². The number of ketones is 2. The second-order valence-corrected chi connectivity index (χ2v) is 8.70. The second kappa shape index (κ2) is 8.25. The standard InChI is InChI=1S/C23H20BrClN2O2/c1-14-6-11-21(24)26-19(14)13-27-12-18(22(28)15-7-9-16(25)10-8-15)23(29)17-4-2-3-5-20(17)27/h2-5,7-11,14,18H,6,12-13H2,1H3. The topological polar surface area (TPSA) is 49.7 Å². The van der Waals surface area contributed by atoms with Crippen LogP contribution >= 0.6 is 27.5 Å². The molecule has 0 spiro atoms. The van der Waals surface area contributed by atoms with Crippen LogP contribution in [0.2, 0.25) is 5.02 Å². The van der Waals surface area contributed by atoms with Crippen LogP contribution in [0, 0.1) is 11.8 Å². The van der Waals surface area contributed by atoms with Gasteiger partial charge in [0.2, 0.25) is 0 Å². The van der Waals surface area contributed by atoms with Gasteiger partial charge >= 0.3 is 0 Å². The number of allylic oxidation sites excluding steroid dienone is 1. The maximum absolute atomic E-state index is 13.1. The van der Waals surface area contributed by atoms with Crippen molar-refractivity contribution in [2.45, 2.75) is 13.3 Å². The van der Waals surface area contributed by atoms with E-state index >= 15 is 0 Å². The number of fused-ring (bicyclic) bond motifs is 1. The van der Waals surface area contributed by atoms with Crippen molar-refractivity contribution < 1.29 is 9.59 Å². The maximum atomic E-state index is 13.1. The summed E-state index contributed by atoms with van der Waals surface area (Å²) in [5.41, 5.74) is 2.99. The smallest absolute Gasteiger partial charge is 0.177 e. The highest BCUT2D eigenvalue weighted by atomic mass is 79.9. The first-order valence-electron chi connectivity index (χ1n) is 9.55. The van der Waals surface area contributed by atoms with Crippen LogP contribution < -0.4 is 4.90 Å². The molecule has 0 saturated carbocycles. The van der Waals surface area contributed by atoms with Gasteiger partial charge in [-0.1, -0.05) is 36.7 Å². The molecule has 0 bridgehead atoms. The monoisotopic (exact) mass is 470 g/mol. The Balaban J connectivity index is 1.68. The molecule has 0 radical (unpaired) electrons. The lowest BCUT2D eigenvalue weighted by atomic mass is 9.85. The Kier molecular flexibility index (Phi) is 5.70. The van der Waals surface area contributed by atoms with Crippen LogP contribution in [0.1, 0.15) is 34.1 Å². The first-order chi connectivity index (χ1) is 13.9. The largest absolute Gasteiger partial charge is 0.364 e. The highest BCUT2D eigenvalue weighted by Crippen LogP contribution is 2.32. The fraction of sp³-hybridized carbons (Fsp3) is 0.261. The van der Waals surface area contributed by atoms with Gasteiger partial charge in [-0.25, -0.2) is 4.99 Å². The fourth-order valence-corrected chi connectivity index (χ4v) is 4.34. The summed E-state index contributed by atoms with van der Waals surface area (Å²) in [5.74, 6) is -0.738. The summed E-state index contributed by atoms with van der Waals surface area (Å²) < 4.78 is 0.834. The Bertz CT molecular complexity index is 1030. The highest BCUT2D eigenvalue weighted by molar-refractivity contribution is 9.11. The Morgan fingerprint density at radius 1 is 1.21 bits per heavy atom. The quantitative estimate of drug-likeness (QED) is 0.333. The number of anilines is 1. The van der Waals surface area contributed by atoms with Gasteiger partial charge in [-0.2, -0.15) is 0 Å². The minimum atomic E-state index is -0.746. The van der Waals surface area contributed by atoms with Gasteiger partial charge in [0, 0.05) is 34.1 Å². The lowest BCUT2D eigenvalue weighted by molar-refractivity contribution is 0.0806. The molecule has 0 fully saturated rings. The number of nitrogens with zero attached hydrogens (tertiary/aromatic N) is 2. The molecule has 0 saturated heterocycles. The minimum absolute atomic E-state index is 0.128. The lowest BCUT2D eigenvalue weighted by Gasteiger charge is -2.36. The zero-order chi connectivity index (χ0) is 20.5. The summed E-state index contributed by atoms with van der Waals surface area (Å²) >= 11 is 9.42. The van der Waals surface area contributed by atoms with Gasteiger partial charge in [0.25, 0.3) is 0 Å². The molecule has 0 aromatic heterocycles. The molecule has 2 aliphatic heterocycles. The first-order valence-corrected chi connectivity index (χ1v) is 10.7. The van der Waals surface area contributed by atoms with Crippen molar-refractivity contribution in [3.05, 3.63) is 75.4 Å². The molecule has 2 unspecified atom stereocenters. The van der Waals surface area contributed by atoms with E-state index in [0.717, 1.165) is 22.4 Å². The SMILES string of the molecule is CC1CC=C(Br)N=C1CN1CC(C(=O)c2ccc(Cl)cc2)C(=O)c2ccccc21. The molecule has 2 atom stereocenters. The number of hydrogen-bond acceptors (Lipinski definition) is 4. The molecule has 2 heterocycles. The van der Waals surface area contributed by atoms with E-state index in [9.17, 15) is 9.59 Å². The van der Waals surface area contributed by atoms with E-state index in [2.05, 4.69) is 38.8 Å². The Labute approximate surface area is 183 Å². The molecule has 148 valence electrons. The number of para-hydroxylation sites is 1. The highest BCUT2D eigenvalue weighted by Gasteiger charge is 2.37. The summed E-state index contributed by atoms with van der Waals surface area (Å²) in [4.78, 5) is 33.0. The van der Waals surface area contributed by atoms with Crippen molar-refractivity contribution in [3.8, 4) is 0 Å². The van der Waals surface area contributed by atoms with Gasteiger partial charge < -0.3 is 4.90 Å². The summed E-state index contributed by atoms with van der Waals surface area (Å²) in [6, 6.07) is 14.2. The van der Waals surface area contributed by atoms with Crippen LogP contribution in [0.5, 0.6) is 0 Å². The van der Waals surface area contributed by atoms with Crippen LogP contribution in [0.4, 0.5) is 5.69 Å². The van der Waals surface area contributed by atoms with Crippen molar-refractivity contribution in [1.29, 1.82) is 0 Å². The summed E-state index contributed by atoms with van der Waals surface area (Å²) in [5, 5.41) is 0.562. The molecule has 2 aromatic rings. The Morgan fingerprint density at radius 2 is 1.93 bits per heavy atom. The fourth-order valence-electron chi connectivity index (χ4n) is 3.80. The van der Waals surface area contributed by atoms with Gasteiger partial charge in [0.1, 0.15) is 10.5 Å². The van der Waals surface area contributed by atoms with E-state index in [0.29, 0.717) is 35.2 Å². The van der Waals surface area contributed by atoms with E-state index in [4.69, 9.17) is 11.6 Å². The molecule has 2 aliphatic rings. The summed E-state index contributed by atoms with van der Waals surface area (Å²) in [6.45, 7) is 3.06. The van der Waals surface area contributed by atoms with E-state index in [1.54, 1.807) is 30.3 Å². The number of Topliss-reactive ketones (excluding diaryl/α,β-unsaturated/α-hetero) is 2. The van der Waals surface area contributed by atoms with E-state index in [1.807, 2.05) is 18.2 Å². The summed E-state index contributed by atoms with van der Waals surface area (Å²) in [6.07, 6.45) is 2.98. The molecule has 0 amide bonds. The van der Waals surface area contributed by atoms with Crippen LogP contribution in [-0.2, 0) is 0 Å². The van der Waals surface area contributed by atoms with Crippen LogP contribution in [-0.4, -0.2) is 30.4 Å². The van der Waals surface area contributed by atoms with E-state index in [1.165, 1.54) is 0 Å². The molecule has 4 rings (SSSR count). The van der Waals surface area contributed by atoms with Crippen molar-refractivity contribution in [3.63, 3.8) is 0 Å². The van der Waals surface area contributed by atoms with Gasteiger partial charge in [0.15, 0.2) is 11.6 Å². The molecule has 0 aliphatic carbocycles. The normalized spacial score (nSPS) is 21.3. The number of halogens is 2. The number of aliphatic imine (C=N–C) groups is 1. The number of carbonyl (C=O) groups is 2. The third-order valence-corrected chi connectivity index (χ3v) is 6.24. The van der Waals surface area contributed by atoms with Gasteiger partial charge in [-0.05, 0) is 64.7 Å². The lowest BCUT2D eigenvalue weighted by Crippen LogP contribution is -2.45. The van der Waals surface area contributed by atoms with Crippen LogP contribution in [0.15, 0.2) is 64.2 Å². The molecule has 0 N–H and O–H groups in total. The zero-order valence-corrected chi connectivity index (χ0v) is 18.3. The molecule has 2 aromatic carbocycles. The minimum Gasteiger partial charge on any atom is -0.364 e. The average Bonchev–Trinajstić information content (AvgIpc) is 2.73. The number of benzene rings is 2. The van der Waals surface area contributed by atoms with E-state index < -0.39 is 5.92 Å². The molecular formula is C23H20BrClN2O2. The second-order valence-electron chi connectivity index (χ2n) is 7.45. The van der Waals surface area contributed by atoms with Crippen LogP contribution in [0.25, 0.3) is 0 Å². The predicted molar refractivity (Wildman–Crippen MR) is 120 cm³/mol.